The molecule has 0 aliphatic carbocycles. The molecule has 6 nitrogen and oxygen atoms in total. The number of rotatable bonds is 5. The molecule has 0 unspecified atom stereocenters. The minimum absolute atomic E-state index is 0.0972. The predicted molar refractivity (Wildman–Crippen MR) is 93.1 cm³/mol. The van der Waals surface area contributed by atoms with Gasteiger partial charge < -0.3 is 9.73 Å². The Hall–Kier alpha value is -2.34. The Morgan fingerprint density at radius 1 is 1.42 bits per heavy atom. The van der Waals surface area contributed by atoms with Crippen LogP contribution in [0.2, 0.25) is 5.02 Å². The number of halogens is 1. The number of thioether (sulfide) groups is 1. The van der Waals surface area contributed by atoms with Gasteiger partial charge in [-0.2, -0.15) is 5.26 Å². The van der Waals surface area contributed by atoms with Gasteiger partial charge in [-0.3, -0.25) is 4.79 Å². The van der Waals surface area contributed by atoms with Gasteiger partial charge in [-0.1, -0.05) is 29.4 Å². The van der Waals surface area contributed by atoms with E-state index in [-0.39, 0.29) is 16.9 Å². The van der Waals surface area contributed by atoms with Crippen molar-refractivity contribution in [3.8, 4) is 17.5 Å². The molecular formula is C15H9ClN4O2S2. The number of carbonyl (C=O) groups excluding carboxylic acids is 1. The molecule has 0 radical (unpaired) electrons. The van der Waals surface area contributed by atoms with E-state index in [4.69, 9.17) is 21.3 Å². The van der Waals surface area contributed by atoms with Crippen LogP contribution in [0.25, 0.3) is 11.5 Å². The lowest BCUT2D eigenvalue weighted by Gasteiger charge is -2.01. The molecular weight excluding hydrogens is 368 g/mol. The molecule has 0 fully saturated rings. The lowest BCUT2D eigenvalue weighted by atomic mass is 10.2. The van der Waals surface area contributed by atoms with Crippen molar-refractivity contribution < 1.29 is 9.21 Å². The van der Waals surface area contributed by atoms with Crippen molar-refractivity contribution >= 4 is 45.6 Å². The van der Waals surface area contributed by atoms with E-state index in [9.17, 15) is 4.79 Å². The van der Waals surface area contributed by atoms with Crippen LogP contribution in [-0.4, -0.2) is 21.9 Å². The van der Waals surface area contributed by atoms with Crippen LogP contribution in [0, 0.1) is 11.3 Å². The second kappa shape index (κ2) is 7.49. The van der Waals surface area contributed by atoms with Crippen LogP contribution in [0.1, 0.15) is 5.56 Å². The van der Waals surface area contributed by atoms with Crippen LogP contribution < -0.4 is 5.32 Å². The molecule has 2 heterocycles. The van der Waals surface area contributed by atoms with Crippen molar-refractivity contribution in [2.75, 3.05) is 11.1 Å². The zero-order chi connectivity index (χ0) is 16.9. The number of amides is 1. The molecule has 1 amide bonds. The van der Waals surface area contributed by atoms with E-state index in [1.54, 1.807) is 35.7 Å². The normalized spacial score (nSPS) is 10.3. The van der Waals surface area contributed by atoms with Crippen LogP contribution in [-0.2, 0) is 4.79 Å². The summed E-state index contributed by atoms with van der Waals surface area (Å²) in [4.78, 5) is 11.9. The lowest BCUT2D eigenvalue weighted by Crippen LogP contribution is -2.13. The van der Waals surface area contributed by atoms with Crippen molar-refractivity contribution in [2.45, 2.75) is 5.22 Å². The number of nitriles is 1. The number of thiophene rings is 1. The highest BCUT2D eigenvalue weighted by molar-refractivity contribution is 7.99. The topological polar surface area (TPSA) is 91.8 Å². The van der Waals surface area contributed by atoms with Gasteiger partial charge in [-0.05, 0) is 29.6 Å². The number of nitrogens with one attached hydrogen (secondary N) is 1. The van der Waals surface area contributed by atoms with E-state index >= 15 is 0 Å². The third kappa shape index (κ3) is 3.94. The Kier molecular flexibility index (Phi) is 5.15. The third-order valence-electron chi connectivity index (χ3n) is 2.84. The van der Waals surface area contributed by atoms with Crippen LogP contribution in [0.5, 0.6) is 0 Å². The van der Waals surface area contributed by atoms with Crippen LogP contribution in [0.15, 0.2) is 45.4 Å². The smallest absolute Gasteiger partial charge is 0.277 e. The molecule has 9 heteroatoms. The van der Waals surface area contributed by atoms with Crippen molar-refractivity contribution in [1.82, 2.24) is 10.2 Å². The Bertz CT molecular complexity index is 916. The number of hydrogen-bond donors (Lipinski definition) is 1. The van der Waals surface area contributed by atoms with Gasteiger partial charge >= 0.3 is 0 Å². The summed E-state index contributed by atoms with van der Waals surface area (Å²) >= 11 is 8.35. The Balaban J connectivity index is 1.59. The lowest BCUT2D eigenvalue weighted by molar-refractivity contribution is -0.113. The Morgan fingerprint density at radius 2 is 2.29 bits per heavy atom. The summed E-state index contributed by atoms with van der Waals surface area (Å²) in [6, 6.07) is 10.7. The molecule has 0 atom stereocenters. The molecule has 1 aromatic carbocycles. The molecule has 2 aromatic heterocycles. The quantitative estimate of drug-likeness (QED) is 0.675. The summed E-state index contributed by atoms with van der Waals surface area (Å²) in [5, 5.41) is 22.6. The zero-order valence-corrected chi connectivity index (χ0v) is 14.4. The van der Waals surface area contributed by atoms with Gasteiger partial charge in [0.1, 0.15) is 11.1 Å². The summed E-state index contributed by atoms with van der Waals surface area (Å²) in [6.45, 7) is 0. The van der Waals surface area contributed by atoms with Gasteiger partial charge in [0.05, 0.1) is 11.3 Å². The maximum atomic E-state index is 11.9. The van der Waals surface area contributed by atoms with Crippen LogP contribution in [0.3, 0.4) is 0 Å². The van der Waals surface area contributed by atoms with E-state index in [0.29, 0.717) is 27.0 Å². The van der Waals surface area contributed by atoms with Gasteiger partial charge in [0.15, 0.2) is 0 Å². The van der Waals surface area contributed by atoms with E-state index < -0.39 is 0 Å². The summed E-state index contributed by atoms with van der Waals surface area (Å²) < 4.78 is 5.51. The fourth-order valence-electron chi connectivity index (χ4n) is 1.79. The number of nitrogens with zero attached hydrogens (tertiary/aromatic N) is 3. The van der Waals surface area contributed by atoms with Crippen LogP contribution >= 0.6 is 34.7 Å². The Morgan fingerprint density at radius 3 is 3.08 bits per heavy atom. The highest BCUT2D eigenvalue weighted by Gasteiger charge is 2.13. The van der Waals surface area contributed by atoms with Gasteiger partial charge in [-0.15, -0.1) is 21.5 Å². The van der Waals surface area contributed by atoms with Crippen molar-refractivity contribution in [1.29, 1.82) is 5.26 Å². The third-order valence-corrected chi connectivity index (χ3v) is 4.73. The van der Waals surface area contributed by atoms with E-state index in [2.05, 4.69) is 15.5 Å². The maximum Gasteiger partial charge on any atom is 0.277 e. The zero-order valence-electron chi connectivity index (χ0n) is 12.0. The maximum absolute atomic E-state index is 11.9. The number of carbonyl (C=O) groups is 1. The highest BCUT2D eigenvalue weighted by atomic mass is 35.5. The molecule has 0 aliphatic rings. The number of anilines is 1. The largest absolute Gasteiger partial charge is 0.411 e. The van der Waals surface area contributed by atoms with Gasteiger partial charge in [0.2, 0.25) is 11.8 Å². The molecule has 3 rings (SSSR count). The van der Waals surface area contributed by atoms with Gasteiger partial charge in [0.25, 0.3) is 5.22 Å². The number of hydrogen-bond acceptors (Lipinski definition) is 7. The molecule has 0 saturated heterocycles. The molecule has 24 heavy (non-hydrogen) atoms. The number of aromatic nitrogens is 2. The molecule has 1 N–H and O–H groups in total. The first-order chi connectivity index (χ1) is 11.7. The van der Waals surface area contributed by atoms with Crippen molar-refractivity contribution in [2.24, 2.45) is 0 Å². The predicted octanol–water partition coefficient (Wildman–Crippen LogP) is 4.05. The highest BCUT2D eigenvalue weighted by Crippen LogP contribution is 2.26. The molecule has 0 aliphatic heterocycles. The first kappa shape index (κ1) is 16.5. The van der Waals surface area contributed by atoms with Crippen molar-refractivity contribution in [3.05, 3.63) is 46.3 Å². The van der Waals surface area contributed by atoms with E-state index in [0.717, 1.165) is 11.8 Å². The average molecular weight is 377 g/mol. The minimum atomic E-state index is -0.249. The van der Waals surface area contributed by atoms with E-state index in [1.807, 2.05) is 6.07 Å². The van der Waals surface area contributed by atoms with Crippen LogP contribution in [0.4, 0.5) is 5.00 Å². The Labute approximate surface area is 150 Å². The van der Waals surface area contributed by atoms with Gasteiger partial charge in [0, 0.05) is 10.6 Å². The van der Waals surface area contributed by atoms with Gasteiger partial charge in [-0.25, -0.2) is 0 Å². The summed E-state index contributed by atoms with van der Waals surface area (Å²) in [6.07, 6.45) is 0. The van der Waals surface area contributed by atoms with Crippen molar-refractivity contribution in [3.63, 3.8) is 0 Å². The molecule has 0 saturated carbocycles. The standard InChI is InChI=1S/C15H9ClN4O2S2/c16-11-3-1-2-9(6-11)13-19-20-15(22-13)24-8-12(21)18-14-10(7-17)4-5-23-14/h1-6H,8H2,(H,18,21). The number of benzene rings is 1. The fraction of sp³-hybridized carbons (Fsp3) is 0.0667. The molecule has 120 valence electrons. The first-order valence-electron chi connectivity index (χ1n) is 6.65. The SMILES string of the molecule is N#Cc1ccsc1NC(=O)CSc1nnc(-c2cccc(Cl)c2)o1. The second-order valence-electron chi connectivity index (χ2n) is 4.50. The summed E-state index contributed by atoms with van der Waals surface area (Å²) in [5.74, 6) is 0.187. The fourth-order valence-corrected chi connectivity index (χ4v) is 3.30. The monoisotopic (exact) mass is 376 g/mol. The first-order valence-corrected chi connectivity index (χ1v) is 8.89. The summed E-state index contributed by atoms with van der Waals surface area (Å²) in [5.41, 5.74) is 1.16. The second-order valence-corrected chi connectivity index (χ2v) is 6.77. The molecule has 3 aromatic rings. The van der Waals surface area contributed by atoms with E-state index in [1.165, 1.54) is 11.3 Å². The molecule has 0 spiro atoms. The molecule has 0 bridgehead atoms. The average Bonchev–Trinajstić information content (AvgIpc) is 3.22. The minimum Gasteiger partial charge on any atom is -0.411 e. The summed E-state index contributed by atoms with van der Waals surface area (Å²) in [7, 11) is 0.